The highest BCUT2D eigenvalue weighted by atomic mass is 19.4. The molecule has 5 rings (SSSR count). The summed E-state index contributed by atoms with van der Waals surface area (Å²) in [6.07, 6.45) is -4.65. The lowest BCUT2D eigenvalue weighted by Gasteiger charge is -2.24. The molecule has 5 aromatic rings. The van der Waals surface area contributed by atoms with E-state index in [2.05, 4.69) is 0 Å². The van der Waals surface area contributed by atoms with Crippen LogP contribution < -0.4 is 0 Å². The van der Waals surface area contributed by atoms with Gasteiger partial charge in [0.15, 0.2) is 5.60 Å². The smallest absolute Gasteiger partial charge is 0.449 e. The van der Waals surface area contributed by atoms with Crippen molar-refractivity contribution in [3.8, 4) is 11.1 Å². The van der Waals surface area contributed by atoms with Crippen molar-refractivity contribution < 1.29 is 37.4 Å². The molecule has 0 aliphatic carbocycles. The van der Waals surface area contributed by atoms with Crippen molar-refractivity contribution in [2.24, 2.45) is 0 Å². The van der Waals surface area contributed by atoms with Crippen molar-refractivity contribution in [2.75, 3.05) is 0 Å². The number of aliphatic carboxylic acids is 1. The van der Waals surface area contributed by atoms with E-state index >= 15 is 0 Å². The summed E-state index contributed by atoms with van der Waals surface area (Å²) < 4.78 is 44.8. The number of carbonyl (C=O) groups excluding carboxylic acids is 1. The topological polar surface area (TPSA) is 91.0 Å². The van der Waals surface area contributed by atoms with Gasteiger partial charge in [0.05, 0.1) is 12.1 Å². The largest absolute Gasteiger partial charge is 0.479 e. The van der Waals surface area contributed by atoms with E-state index in [1.165, 1.54) is 24.0 Å². The number of aliphatic hydroxyl groups is 1. The zero-order chi connectivity index (χ0) is 30.9. The third kappa shape index (κ3) is 6.17. The second kappa shape index (κ2) is 11.4. The average molecular weight is 588 g/mol. The van der Waals surface area contributed by atoms with E-state index in [1.54, 1.807) is 42.5 Å². The van der Waals surface area contributed by atoms with Crippen LogP contribution in [0.25, 0.3) is 21.9 Å². The molecule has 1 atom stereocenters. The van der Waals surface area contributed by atoms with E-state index in [-0.39, 0.29) is 30.3 Å². The minimum absolute atomic E-state index is 0.00233. The van der Waals surface area contributed by atoms with Crippen LogP contribution in [0.15, 0.2) is 101 Å². The van der Waals surface area contributed by atoms with E-state index in [9.17, 15) is 33.0 Å². The van der Waals surface area contributed by atoms with Gasteiger partial charge < -0.3 is 19.5 Å². The summed E-state index contributed by atoms with van der Waals surface area (Å²) in [6, 6.07) is 27.0. The second-order valence-corrected chi connectivity index (χ2v) is 10.6. The Kier molecular flexibility index (Phi) is 7.86. The number of fused-ring (bicyclic) bond motifs is 1. The number of alkyl halides is 3. The molecule has 1 aromatic heterocycles. The van der Waals surface area contributed by atoms with Crippen LogP contribution in [0.1, 0.15) is 45.5 Å². The van der Waals surface area contributed by atoms with Crippen LogP contribution in [0, 0.1) is 6.92 Å². The lowest BCUT2D eigenvalue weighted by Crippen LogP contribution is -2.31. The highest BCUT2D eigenvalue weighted by Crippen LogP contribution is 2.32. The molecular formula is C34H28F3NO5. The predicted molar refractivity (Wildman–Crippen MR) is 155 cm³/mol. The Bertz CT molecular complexity index is 1810. The van der Waals surface area contributed by atoms with Gasteiger partial charge >= 0.3 is 12.1 Å². The van der Waals surface area contributed by atoms with Gasteiger partial charge in [-0.05, 0) is 70.6 Å². The minimum Gasteiger partial charge on any atom is -0.479 e. The zero-order valence-corrected chi connectivity index (χ0v) is 23.4. The lowest BCUT2D eigenvalue weighted by molar-refractivity contribution is -0.157. The first-order valence-corrected chi connectivity index (χ1v) is 13.4. The predicted octanol–water partition coefficient (Wildman–Crippen LogP) is 7.56. The molecule has 9 heteroatoms. The molecule has 2 N–H and O–H groups in total. The normalized spacial score (nSPS) is 13.1. The molecule has 6 nitrogen and oxygen atoms in total. The van der Waals surface area contributed by atoms with Gasteiger partial charge in [0.1, 0.15) is 5.76 Å². The van der Waals surface area contributed by atoms with Crippen LogP contribution in [0.3, 0.4) is 0 Å². The van der Waals surface area contributed by atoms with Crippen molar-refractivity contribution in [1.29, 1.82) is 0 Å². The molecule has 220 valence electrons. The number of carbonyl (C=O) groups is 2. The quantitative estimate of drug-likeness (QED) is 0.196. The molecule has 0 bridgehead atoms. The van der Waals surface area contributed by atoms with Crippen LogP contribution in [0.4, 0.5) is 13.2 Å². The summed E-state index contributed by atoms with van der Waals surface area (Å²) in [5.74, 6) is -2.86. The number of hydrogen-bond acceptors (Lipinski definition) is 4. The van der Waals surface area contributed by atoms with Gasteiger partial charge in [0.25, 0.3) is 5.91 Å². The summed E-state index contributed by atoms with van der Waals surface area (Å²) in [4.78, 5) is 27.0. The fourth-order valence-electron chi connectivity index (χ4n) is 4.97. The van der Waals surface area contributed by atoms with E-state index in [0.29, 0.717) is 16.7 Å². The number of benzene rings is 4. The van der Waals surface area contributed by atoms with Gasteiger partial charge in [-0.3, -0.25) is 4.79 Å². The number of nitrogens with zero attached hydrogens (tertiary/aromatic N) is 1. The average Bonchev–Trinajstić information content (AvgIpc) is 3.46. The lowest BCUT2D eigenvalue weighted by atomic mass is 9.92. The molecule has 1 heterocycles. The molecule has 0 saturated heterocycles. The number of furan rings is 1. The number of carboxylic acid groups (broad SMARTS) is 1. The Hall–Kier alpha value is -4.89. The van der Waals surface area contributed by atoms with Gasteiger partial charge in [-0.25, -0.2) is 4.79 Å². The van der Waals surface area contributed by atoms with Gasteiger partial charge in [-0.2, -0.15) is 13.2 Å². The first kappa shape index (κ1) is 29.6. The molecule has 1 unspecified atom stereocenters. The molecule has 4 aromatic carbocycles. The van der Waals surface area contributed by atoms with E-state index in [0.717, 1.165) is 28.0 Å². The summed E-state index contributed by atoms with van der Waals surface area (Å²) in [5.41, 5.74) is 1.49. The molecular weight excluding hydrogens is 559 g/mol. The third-order valence-corrected chi connectivity index (χ3v) is 7.43. The maximum Gasteiger partial charge on any atom is 0.449 e. The van der Waals surface area contributed by atoms with Crippen molar-refractivity contribution in [3.05, 3.63) is 131 Å². The van der Waals surface area contributed by atoms with Gasteiger partial charge in [0.2, 0.25) is 5.76 Å². The Morgan fingerprint density at radius 3 is 2.23 bits per heavy atom. The number of hydrogen-bond donors (Lipinski definition) is 2. The number of rotatable bonds is 8. The van der Waals surface area contributed by atoms with E-state index < -0.39 is 23.5 Å². The first-order valence-electron chi connectivity index (χ1n) is 13.4. The third-order valence-electron chi connectivity index (χ3n) is 7.43. The van der Waals surface area contributed by atoms with Crippen molar-refractivity contribution in [3.63, 3.8) is 0 Å². The SMILES string of the molecule is Cc1ccc2ccccc2c1C(=O)N(Cc1ccc(-c2cccc(C(C)(O)C(=O)O)c2)cc1)Cc1ccc(C(F)(F)F)o1. The standard InChI is InChI=1S/C34H28F3NO5/c1-21-10-13-24-6-3-4-9-28(24)30(21)31(39)38(20-27-16-17-29(43-27)34(35,36)37)19-22-11-14-23(15-12-22)25-7-5-8-26(18-25)33(2,42)32(40)41/h3-18,42H,19-20H2,1-2H3,(H,40,41). The van der Waals surface area contributed by atoms with Crippen LogP contribution in [0.2, 0.25) is 0 Å². The number of aryl methyl sites for hydroxylation is 1. The fourth-order valence-corrected chi connectivity index (χ4v) is 4.97. The maximum absolute atomic E-state index is 14.1. The number of halogens is 3. The summed E-state index contributed by atoms with van der Waals surface area (Å²) >= 11 is 0. The Morgan fingerprint density at radius 2 is 1.56 bits per heavy atom. The molecule has 0 spiro atoms. The van der Waals surface area contributed by atoms with Crippen molar-refractivity contribution in [2.45, 2.75) is 38.7 Å². The molecule has 43 heavy (non-hydrogen) atoms. The molecule has 0 saturated carbocycles. The molecule has 0 radical (unpaired) electrons. The van der Waals surface area contributed by atoms with Crippen LogP contribution in [-0.4, -0.2) is 27.0 Å². The Balaban J connectivity index is 1.48. The summed E-state index contributed by atoms with van der Waals surface area (Å²) in [7, 11) is 0. The number of amides is 1. The van der Waals surface area contributed by atoms with E-state index in [4.69, 9.17) is 4.42 Å². The van der Waals surface area contributed by atoms with Crippen molar-refractivity contribution >= 4 is 22.6 Å². The second-order valence-electron chi connectivity index (χ2n) is 10.6. The summed E-state index contributed by atoms with van der Waals surface area (Å²) in [5, 5.41) is 21.4. The van der Waals surface area contributed by atoms with E-state index in [1.807, 2.05) is 43.3 Å². The maximum atomic E-state index is 14.1. The summed E-state index contributed by atoms with van der Waals surface area (Å²) in [6.45, 7) is 2.91. The highest BCUT2D eigenvalue weighted by Gasteiger charge is 2.35. The molecule has 0 aliphatic heterocycles. The molecule has 1 amide bonds. The van der Waals surface area contributed by atoms with Crippen LogP contribution in [0.5, 0.6) is 0 Å². The minimum atomic E-state index is -4.65. The Morgan fingerprint density at radius 1 is 0.837 bits per heavy atom. The van der Waals surface area contributed by atoms with Gasteiger partial charge in [-0.1, -0.05) is 78.9 Å². The van der Waals surface area contributed by atoms with Crippen LogP contribution in [-0.2, 0) is 29.7 Å². The monoisotopic (exact) mass is 587 g/mol. The highest BCUT2D eigenvalue weighted by molar-refractivity contribution is 6.08. The fraction of sp³-hybridized carbons (Fsp3) is 0.176. The van der Waals surface area contributed by atoms with Crippen molar-refractivity contribution in [1.82, 2.24) is 4.90 Å². The van der Waals surface area contributed by atoms with Gasteiger partial charge in [-0.15, -0.1) is 0 Å². The Labute approximate surface area is 245 Å². The first-order chi connectivity index (χ1) is 20.3. The van der Waals surface area contributed by atoms with Gasteiger partial charge in [0, 0.05) is 6.54 Å². The van der Waals surface area contributed by atoms with Crippen LogP contribution >= 0.6 is 0 Å². The number of carboxylic acids is 1. The molecule has 0 fully saturated rings. The molecule has 0 aliphatic rings. The zero-order valence-electron chi connectivity index (χ0n) is 23.4.